The average molecular weight is 841 g/mol. The molecule has 0 saturated heterocycles. The van der Waals surface area contributed by atoms with E-state index in [1.807, 2.05) is 19.1 Å². The molecule has 0 saturated carbocycles. The summed E-state index contributed by atoms with van der Waals surface area (Å²) in [5.74, 6) is -0.719. The van der Waals surface area contributed by atoms with E-state index in [0.717, 1.165) is 38.5 Å². The Morgan fingerprint density at radius 1 is 0.643 bits per heavy atom. The summed E-state index contributed by atoms with van der Waals surface area (Å²) in [5, 5.41) is 40.0. The summed E-state index contributed by atoms with van der Waals surface area (Å²) in [4.78, 5) is 52.4. The molecular formula is C38H66O16P2. The van der Waals surface area contributed by atoms with Crippen LogP contribution in [0.1, 0.15) is 104 Å². The highest BCUT2D eigenvalue weighted by molar-refractivity contribution is 7.47. The van der Waals surface area contributed by atoms with Crippen molar-refractivity contribution in [3.05, 3.63) is 60.8 Å². The molecule has 56 heavy (non-hydrogen) atoms. The molecule has 0 heterocycles. The van der Waals surface area contributed by atoms with Crippen molar-refractivity contribution >= 4 is 27.6 Å². The molecule has 0 aromatic carbocycles. The molecule has 0 aliphatic heterocycles. The smallest absolute Gasteiger partial charge is 0.462 e. The number of ether oxygens (including phenoxy) is 2. The van der Waals surface area contributed by atoms with Gasteiger partial charge in [0.25, 0.3) is 0 Å². The predicted octanol–water partition coefficient (Wildman–Crippen LogP) is 5.66. The first kappa shape index (κ1) is 53.7. The number of hydrogen-bond acceptors (Lipinski definition) is 13. The highest BCUT2D eigenvalue weighted by Gasteiger charge is 2.28. The Morgan fingerprint density at radius 2 is 1.21 bits per heavy atom. The number of carbonyl (C=O) groups excluding carboxylic acids is 2. The molecule has 6 atom stereocenters. The largest absolute Gasteiger partial charge is 0.472 e. The van der Waals surface area contributed by atoms with Crippen molar-refractivity contribution in [2.75, 3.05) is 26.4 Å². The third-order valence-corrected chi connectivity index (χ3v) is 9.12. The lowest BCUT2D eigenvalue weighted by molar-refractivity contribution is -0.161. The lowest BCUT2D eigenvalue weighted by Gasteiger charge is -2.20. The number of phosphoric acid groups is 2. The summed E-state index contributed by atoms with van der Waals surface area (Å²) in [5.41, 5.74) is 0. The number of rotatable bonds is 34. The van der Waals surface area contributed by atoms with Gasteiger partial charge >= 0.3 is 27.6 Å². The molecule has 0 spiro atoms. The van der Waals surface area contributed by atoms with Crippen LogP contribution in [0.5, 0.6) is 0 Å². The maximum atomic E-state index is 12.6. The van der Waals surface area contributed by atoms with Gasteiger partial charge < -0.3 is 44.6 Å². The van der Waals surface area contributed by atoms with E-state index in [1.54, 1.807) is 42.5 Å². The zero-order chi connectivity index (χ0) is 42.2. The molecular weight excluding hydrogens is 774 g/mol. The second kappa shape index (κ2) is 32.6. The summed E-state index contributed by atoms with van der Waals surface area (Å²) >= 11 is 0. The Morgan fingerprint density at radius 3 is 1.86 bits per heavy atom. The number of allylic oxidation sites excluding steroid dienone is 7. The minimum Gasteiger partial charge on any atom is -0.462 e. The molecule has 324 valence electrons. The van der Waals surface area contributed by atoms with Crippen LogP contribution in [-0.2, 0) is 41.8 Å². The number of aliphatic hydroxyl groups is 4. The molecule has 7 N–H and O–H groups in total. The molecule has 0 aromatic rings. The minimum atomic E-state index is -4.90. The Bertz CT molecular complexity index is 1290. The first-order chi connectivity index (χ1) is 26.4. The Hall–Kier alpha value is -2.30. The molecule has 0 fully saturated rings. The van der Waals surface area contributed by atoms with Crippen molar-refractivity contribution in [2.45, 2.75) is 135 Å². The fourth-order valence-corrected chi connectivity index (χ4v) is 5.79. The number of esters is 2. The second-order valence-electron chi connectivity index (χ2n) is 13.5. The Balaban J connectivity index is 4.89. The normalized spacial score (nSPS) is 16.6. The van der Waals surface area contributed by atoms with Crippen LogP contribution in [0.4, 0.5) is 0 Å². The van der Waals surface area contributed by atoms with E-state index in [-0.39, 0.29) is 25.7 Å². The SMILES string of the molecule is CC/C=C\C[C@@H](O)/C=C/C=C/C=C\C=C/[C@H](O)[C@@H](O)CCCC(=O)OC[C@H](COP(=O)(O)OC[C@@H](O)COP(=O)(O)O)OC(=O)CCCCCCCCC(C)C. The zero-order valence-electron chi connectivity index (χ0n) is 33.0. The van der Waals surface area contributed by atoms with Gasteiger partial charge in [0.1, 0.15) is 12.7 Å². The fraction of sp³-hybridized carbons (Fsp3) is 0.684. The number of hydrogen-bond donors (Lipinski definition) is 7. The maximum absolute atomic E-state index is 12.6. The first-order valence-corrected chi connectivity index (χ1v) is 22.2. The van der Waals surface area contributed by atoms with Crippen LogP contribution in [0.2, 0.25) is 0 Å². The van der Waals surface area contributed by atoms with Gasteiger partial charge in [-0.1, -0.05) is 120 Å². The van der Waals surface area contributed by atoms with E-state index in [0.29, 0.717) is 18.8 Å². The number of unbranched alkanes of at least 4 members (excludes halogenated alkanes) is 5. The lowest BCUT2D eigenvalue weighted by atomic mass is 10.0. The Kier molecular flexibility index (Phi) is 31.3. The Labute approximate surface area is 331 Å². The summed E-state index contributed by atoms with van der Waals surface area (Å²) < 4.78 is 47.3. The topological polar surface area (TPSA) is 256 Å². The number of phosphoric ester groups is 2. The first-order valence-electron chi connectivity index (χ1n) is 19.2. The van der Waals surface area contributed by atoms with E-state index in [2.05, 4.69) is 22.9 Å². The molecule has 0 rings (SSSR count). The molecule has 0 aliphatic rings. The van der Waals surface area contributed by atoms with Crippen molar-refractivity contribution < 1.29 is 76.9 Å². The van der Waals surface area contributed by atoms with Gasteiger partial charge in [0, 0.05) is 12.8 Å². The van der Waals surface area contributed by atoms with Gasteiger partial charge in [0.05, 0.1) is 38.1 Å². The third-order valence-electron chi connectivity index (χ3n) is 7.68. The molecule has 0 amide bonds. The molecule has 16 nitrogen and oxygen atoms in total. The number of aliphatic hydroxyl groups excluding tert-OH is 4. The monoisotopic (exact) mass is 840 g/mol. The van der Waals surface area contributed by atoms with E-state index in [4.69, 9.17) is 23.8 Å². The van der Waals surface area contributed by atoms with Crippen LogP contribution in [-0.4, -0.2) is 104 Å². The predicted molar refractivity (Wildman–Crippen MR) is 211 cm³/mol. The van der Waals surface area contributed by atoms with Crippen molar-refractivity contribution in [3.8, 4) is 0 Å². The van der Waals surface area contributed by atoms with Gasteiger partial charge in [-0.05, 0) is 38.0 Å². The van der Waals surface area contributed by atoms with Gasteiger partial charge in [0.15, 0.2) is 6.10 Å². The quantitative estimate of drug-likeness (QED) is 0.0136. The zero-order valence-corrected chi connectivity index (χ0v) is 34.7. The van der Waals surface area contributed by atoms with Crippen LogP contribution in [0.25, 0.3) is 0 Å². The van der Waals surface area contributed by atoms with Gasteiger partial charge in [-0.15, -0.1) is 0 Å². The molecule has 0 aromatic heterocycles. The average Bonchev–Trinajstić information content (AvgIpc) is 3.12. The van der Waals surface area contributed by atoms with Crippen molar-refractivity contribution in [1.29, 1.82) is 0 Å². The highest BCUT2D eigenvalue weighted by atomic mass is 31.2. The van der Waals surface area contributed by atoms with E-state index in [9.17, 15) is 44.0 Å². The van der Waals surface area contributed by atoms with Crippen LogP contribution in [0.15, 0.2) is 60.8 Å². The molecule has 1 unspecified atom stereocenters. The van der Waals surface area contributed by atoms with Crippen molar-refractivity contribution in [3.63, 3.8) is 0 Å². The summed E-state index contributed by atoms with van der Waals surface area (Å²) in [6.07, 6.45) is 19.4. The molecule has 18 heteroatoms. The number of carbonyl (C=O) groups is 2. The maximum Gasteiger partial charge on any atom is 0.472 e. The van der Waals surface area contributed by atoms with E-state index >= 15 is 0 Å². The van der Waals surface area contributed by atoms with E-state index in [1.165, 1.54) is 12.5 Å². The minimum absolute atomic E-state index is 0.0520. The highest BCUT2D eigenvalue weighted by Crippen LogP contribution is 2.43. The van der Waals surface area contributed by atoms with Crippen LogP contribution >= 0.6 is 15.6 Å². The van der Waals surface area contributed by atoms with E-state index < -0.39 is 84.5 Å². The van der Waals surface area contributed by atoms with Gasteiger partial charge in [-0.2, -0.15) is 0 Å². The van der Waals surface area contributed by atoms with Crippen molar-refractivity contribution in [2.24, 2.45) is 5.92 Å². The third kappa shape index (κ3) is 34.9. The van der Waals surface area contributed by atoms with Gasteiger partial charge in [-0.25, -0.2) is 9.13 Å². The van der Waals surface area contributed by atoms with Gasteiger partial charge in [0.2, 0.25) is 0 Å². The summed E-state index contributed by atoms with van der Waals surface area (Å²) in [7, 11) is -9.78. The fourth-order valence-electron chi connectivity index (χ4n) is 4.64. The molecule has 0 aliphatic carbocycles. The van der Waals surface area contributed by atoms with Gasteiger partial charge in [-0.3, -0.25) is 23.2 Å². The van der Waals surface area contributed by atoms with Crippen LogP contribution < -0.4 is 0 Å². The lowest BCUT2D eigenvalue weighted by Crippen LogP contribution is -2.30. The second-order valence-corrected chi connectivity index (χ2v) is 16.2. The standard InChI is InChI=1S/C38H66O16P2/c1-4-5-14-21-32(39)22-16-11-7-8-12-17-23-35(41)36(42)24-19-26-37(43)50-29-34(54-38(44)25-18-13-9-6-10-15-20-31(2)3)30-53-56(48,49)52-28-33(40)27-51-55(45,46)47/h5,7-8,11-12,14,16-17,22-23,31-36,39-42H,4,6,9-10,13,15,18-21,24-30H2,1-3H3,(H,48,49)(H2,45,46,47)/b11-7+,12-8-,14-5-,22-16+,23-17-/t32-,33+,34-,35+,36+/m1/s1. The summed E-state index contributed by atoms with van der Waals surface area (Å²) in [6, 6.07) is 0. The molecule has 0 radical (unpaired) electrons. The molecule has 0 bridgehead atoms. The van der Waals surface area contributed by atoms with Crippen LogP contribution in [0, 0.1) is 5.92 Å². The van der Waals surface area contributed by atoms with Crippen LogP contribution in [0.3, 0.4) is 0 Å². The van der Waals surface area contributed by atoms with Crippen molar-refractivity contribution in [1.82, 2.24) is 0 Å². The summed E-state index contributed by atoms with van der Waals surface area (Å²) in [6.45, 7) is 3.30.